The van der Waals surface area contributed by atoms with E-state index < -0.39 is 0 Å². The van der Waals surface area contributed by atoms with Crippen LogP contribution < -0.4 is 5.32 Å². The molecule has 3 nitrogen and oxygen atoms in total. The van der Waals surface area contributed by atoms with Gasteiger partial charge in [-0.3, -0.25) is 0 Å². The predicted octanol–water partition coefficient (Wildman–Crippen LogP) is 2.87. The summed E-state index contributed by atoms with van der Waals surface area (Å²) in [4.78, 5) is 4.57. The molecule has 1 aromatic heterocycles. The van der Waals surface area contributed by atoms with Gasteiger partial charge in [-0.1, -0.05) is 6.07 Å². The first-order valence-electron chi connectivity index (χ1n) is 5.86. The summed E-state index contributed by atoms with van der Waals surface area (Å²) in [7, 11) is 0. The monoisotopic (exact) mass is 216 g/mol. The van der Waals surface area contributed by atoms with Crippen molar-refractivity contribution in [2.45, 2.75) is 32.7 Å². The van der Waals surface area contributed by atoms with Gasteiger partial charge >= 0.3 is 0 Å². The Balaban J connectivity index is 2.11. The van der Waals surface area contributed by atoms with Crippen LogP contribution >= 0.6 is 0 Å². The topological polar surface area (TPSA) is 38.1 Å². The molecule has 1 saturated heterocycles. The van der Waals surface area contributed by atoms with Crippen LogP contribution in [0.2, 0.25) is 0 Å². The summed E-state index contributed by atoms with van der Waals surface area (Å²) in [5, 5.41) is 3.41. The van der Waals surface area contributed by atoms with E-state index >= 15 is 0 Å². The number of hydrogen-bond donors (Lipinski definition) is 1. The van der Waals surface area contributed by atoms with E-state index in [2.05, 4.69) is 30.2 Å². The van der Waals surface area contributed by atoms with Crippen LogP contribution in [-0.2, 0) is 0 Å². The summed E-state index contributed by atoms with van der Waals surface area (Å²) in [5.41, 5.74) is 4.39. The van der Waals surface area contributed by atoms with Gasteiger partial charge in [0.25, 0.3) is 0 Å². The minimum atomic E-state index is 0.312. The molecule has 0 amide bonds. The van der Waals surface area contributed by atoms with Gasteiger partial charge in [-0.2, -0.15) is 0 Å². The van der Waals surface area contributed by atoms with Crippen molar-refractivity contribution in [1.82, 2.24) is 10.3 Å². The lowest BCUT2D eigenvalue weighted by Crippen LogP contribution is -2.12. The lowest BCUT2D eigenvalue weighted by Gasteiger charge is -2.03. The van der Waals surface area contributed by atoms with Gasteiger partial charge in [0.2, 0.25) is 5.89 Å². The second-order valence-corrected chi connectivity index (χ2v) is 4.56. The van der Waals surface area contributed by atoms with E-state index in [4.69, 9.17) is 4.42 Å². The van der Waals surface area contributed by atoms with Crippen molar-refractivity contribution in [3.63, 3.8) is 0 Å². The number of fused-ring (bicyclic) bond motifs is 1. The van der Waals surface area contributed by atoms with Crippen LogP contribution in [0, 0.1) is 13.8 Å². The molecule has 3 heteroatoms. The highest BCUT2D eigenvalue weighted by molar-refractivity contribution is 5.77. The standard InChI is InChI=1S/C13H16N2O/c1-8-5-6-10-12(9(8)2)16-13(15-10)11-4-3-7-14-11/h5-6,11,14H,3-4,7H2,1-2H3. The molecule has 0 spiro atoms. The van der Waals surface area contributed by atoms with E-state index in [-0.39, 0.29) is 0 Å². The zero-order valence-electron chi connectivity index (χ0n) is 9.71. The number of aryl methyl sites for hydroxylation is 2. The number of benzene rings is 1. The van der Waals surface area contributed by atoms with Crippen molar-refractivity contribution in [3.05, 3.63) is 29.2 Å². The molecule has 2 aromatic rings. The predicted molar refractivity (Wildman–Crippen MR) is 63.5 cm³/mol. The molecule has 1 aliphatic heterocycles. The fourth-order valence-electron chi connectivity index (χ4n) is 2.28. The number of nitrogens with zero attached hydrogens (tertiary/aromatic N) is 1. The molecule has 1 aliphatic rings. The number of hydrogen-bond acceptors (Lipinski definition) is 3. The van der Waals surface area contributed by atoms with Crippen LogP contribution in [0.1, 0.15) is 35.9 Å². The molecule has 1 atom stereocenters. The third-order valence-electron chi connectivity index (χ3n) is 3.45. The largest absolute Gasteiger partial charge is 0.439 e. The van der Waals surface area contributed by atoms with Gasteiger partial charge in [-0.05, 0) is 50.4 Å². The van der Waals surface area contributed by atoms with Gasteiger partial charge in [0, 0.05) is 0 Å². The Kier molecular flexibility index (Phi) is 2.21. The zero-order chi connectivity index (χ0) is 11.1. The summed E-state index contributed by atoms with van der Waals surface area (Å²) in [6.07, 6.45) is 2.34. The molecule has 1 aromatic carbocycles. The molecule has 0 saturated carbocycles. The Hall–Kier alpha value is -1.35. The highest BCUT2D eigenvalue weighted by Gasteiger charge is 2.22. The molecule has 1 fully saturated rings. The van der Waals surface area contributed by atoms with E-state index in [0.717, 1.165) is 30.0 Å². The Morgan fingerprint density at radius 2 is 2.25 bits per heavy atom. The number of nitrogens with one attached hydrogen (secondary N) is 1. The highest BCUT2D eigenvalue weighted by atomic mass is 16.3. The van der Waals surface area contributed by atoms with Crippen molar-refractivity contribution >= 4 is 11.1 Å². The van der Waals surface area contributed by atoms with E-state index in [1.807, 2.05) is 6.07 Å². The molecule has 84 valence electrons. The zero-order valence-corrected chi connectivity index (χ0v) is 9.71. The maximum atomic E-state index is 5.89. The molecule has 0 bridgehead atoms. The first-order valence-corrected chi connectivity index (χ1v) is 5.86. The molecule has 1 N–H and O–H groups in total. The lowest BCUT2D eigenvalue weighted by atomic mass is 10.1. The van der Waals surface area contributed by atoms with Crippen LogP contribution in [0.3, 0.4) is 0 Å². The first-order chi connectivity index (χ1) is 7.75. The van der Waals surface area contributed by atoms with Crippen LogP contribution in [0.5, 0.6) is 0 Å². The maximum absolute atomic E-state index is 5.89. The number of oxazole rings is 1. The lowest BCUT2D eigenvalue weighted by molar-refractivity contribution is 0.451. The van der Waals surface area contributed by atoms with Gasteiger partial charge in [0.1, 0.15) is 5.52 Å². The molecule has 16 heavy (non-hydrogen) atoms. The fraction of sp³-hybridized carbons (Fsp3) is 0.462. The molecular formula is C13H16N2O. The van der Waals surface area contributed by atoms with Crippen LogP contribution in [0.4, 0.5) is 0 Å². The Morgan fingerprint density at radius 1 is 1.38 bits per heavy atom. The summed E-state index contributed by atoms with van der Waals surface area (Å²) >= 11 is 0. The third-order valence-corrected chi connectivity index (χ3v) is 3.45. The molecule has 2 heterocycles. The number of aromatic nitrogens is 1. The smallest absolute Gasteiger partial charge is 0.212 e. The quantitative estimate of drug-likeness (QED) is 0.796. The third kappa shape index (κ3) is 1.43. The van der Waals surface area contributed by atoms with E-state index in [9.17, 15) is 0 Å². The SMILES string of the molecule is Cc1ccc2nc(C3CCCN3)oc2c1C. The average molecular weight is 216 g/mol. The average Bonchev–Trinajstić information content (AvgIpc) is 2.91. The Bertz CT molecular complexity index is 524. The Labute approximate surface area is 94.9 Å². The van der Waals surface area contributed by atoms with E-state index in [0.29, 0.717) is 6.04 Å². The summed E-state index contributed by atoms with van der Waals surface area (Å²) in [6, 6.07) is 4.46. The molecule has 3 rings (SSSR count). The summed E-state index contributed by atoms with van der Waals surface area (Å²) < 4.78 is 5.89. The maximum Gasteiger partial charge on any atom is 0.212 e. The highest BCUT2D eigenvalue weighted by Crippen LogP contribution is 2.28. The van der Waals surface area contributed by atoms with Crippen molar-refractivity contribution in [2.75, 3.05) is 6.54 Å². The second-order valence-electron chi connectivity index (χ2n) is 4.56. The molecule has 0 aliphatic carbocycles. The Morgan fingerprint density at radius 3 is 3.00 bits per heavy atom. The minimum absolute atomic E-state index is 0.312. The van der Waals surface area contributed by atoms with Crippen LogP contribution in [0.15, 0.2) is 16.5 Å². The van der Waals surface area contributed by atoms with Gasteiger partial charge < -0.3 is 9.73 Å². The van der Waals surface area contributed by atoms with Crippen LogP contribution in [-0.4, -0.2) is 11.5 Å². The van der Waals surface area contributed by atoms with Gasteiger partial charge in [-0.25, -0.2) is 4.98 Å². The van der Waals surface area contributed by atoms with Gasteiger partial charge in [-0.15, -0.1) is 0 Å². The van der Waals surface area contributed by atoms with Crippen molar-refractivity contribution in [1.29, 1.82) is 0 Å². The van der Waals surface area contributed by atoms with Crippen molar-refractivity contribution < 1.29 is 4.42 Å². The van der Waals surface area contributed by atoms with Gasteiger partial charge in [0.05, 0.1) is 6.04 Å². The van der Waals surface area contributed by atoms with Gasteiger partial charge in [0.15, 0.2) is 5.58 Å². The number of rotatable bonds is 1. The van der Waals surface area contributed by atoms with Crippen molar-refractivity contribution in [3.8, 4) is 0 Å². The minimum Gasteiger partial charge on any atom is -0.439 e. The normalized spacial score (nSPS) is 20.8. The first kappa shape index (κ1) is 9.85. The van der Waals surface area contributed by atoms with E-state index in [1.54, 1.807) is 0 Å². The second kappa shape index (κ2) is 3.59. The molecule has 1 unspecified atom stereocenters. The fourth-order valence-corrected chi connectivity index (χ4v) is 2.28. The molecule has 0 radical (unpaired) electrons. The van der Waals surface area contributed by atoms with Crippen LogP contribution in [0.25, 0.3) is 11.1 Å². The summed E-state index contributed by atoms with van der Waals surface area (Å²) in [6.45, 7) is 5.26. The molecular weight excluding hydrogens is 200 g/mol. The van der Waals surface area contributed by atoms with E-state index in [1.165, 1.54) is 17.5 Å². The summed E-state index contributed by atoms with van der Waals surface area (Å²) in [5.74, 6) is 0.848. The van der Waals surface area contributed by atoms with Crippen molar-refractivity contribution in [2.24, 2.45) is 0 Å².